The predicted molar refractivity (Wildman–Crippen MR) is 104 cm³/mol. The van der Waals surface area contributed by atoms with Crippen LogP contribution in [0.4, 0.5) is 5.82 Å². The number of fused-ring (bicyclic) bond motifs is 1. The summed E-state index contributed by atoms with van der Waals surface area (Å²) in [6.07, 6.45) is 3.43. The van der Waals surface area contributed by atoms with Crippen LogP contribution in [0.5, 0.6) is 0 Å². The van der Waals surface area contributed by atoms with Crippen LogP contribution in [0.3, 0.4) is 0 Å². The van der Waals surface area contributed by atoms with Crippen LogP contribution in [0.2, 0.25) is 5.02 Å². The lowest BCUT2D eigenvalue weighted by Crippen LogP contribution is -2.46. The number of nitriles is 1. The van der Waals surface area contributed by atoms with Gasteiger partial charge in [-0.3, -0.25) is 14.7 Å². The summed E-state index contributed by atoms with van der Waals surface area (Å²) in [5, 5.41) is 9.02. The van der Waals surface area contributed by atoms with Crippen molar-refractivity contribution >= 4 is 28.5 Å². The van der Waals surface area contributed by atoms with Crippen LogP contribution in [0, 0.1) is 11.3 Å². The van der Waals surface area contributed by atoms with Crippen LogP contribution in [0.15, 0.2) is 41.5 Å². The van der Waals surface area contributed by atoms with E-state index < -0.39 is 0 Å². The van der Waals surface area contributed by atoms with E-state index in [4.69, 9.17) is 16.9 Å². The molecule has 0 atom stereocenters. The van der Waals surface area contributed by atoms with E-state index in [1.165, 1.54) is 0 Å². The zero-order valence-corrected chi connectivity index (χ0v) is 15.3. The monoisotopic (exact) mass is 380 g/mol. The van der Waals surface area contributed by atoms with Gasteiger partial charge in [-0.25, -0.2) is 4.98 Å². The zero-order chi connectivity index (χ0) is 18.8. The van der Waals surface area contributed by atoms with Gasteiger partial charge < -0.3 is 9.88 Å². The van der Waals surface area contributed by atoms with Gasteiger partial charge in [-0.2, -0.15) is 5.26 Å². The molecule has 1 fully saturated rings. The number of rotatable bonds is 3. The van der Waals surface area contributed by atoms with E-state index in [2.05, 4.69) is 30.8 Å². The third-order valence-electron chi connectivity index (χ3n) is 4.68. The molecule has 0 saturated carbocycles. The number of piperazine rings is 1. The molecule has 0 amide bonds. The molecule has 4 rings (SSSR count). The molecular weight excluding hydrogens is 364 g/mol. The number of hydrogen-bond acceptors (Lipinski definition) is 6. The van der Waals surface area contributed by atoms with E-state index in [9.17, 15) is 4.79 Å². The number of hydrogen-bond donors (Lipinski definition) is 1. The second-order valence-corrected chi connectivity index (χ2v) is 6.91. The van der Waals surface area contributed by atoms with E-state index in [0.29, 0.717) is 16.6 Å². The van der Waals surface area contributed by atoms with Crippen molar-refractivity contribution in [3.05, 3.63) is 63.2 Å². The van der Waals surface area contributed by atoms with Crippen molar-refractivity contribution in [3.63, 3.8) is 0 Å². The second kappa shape index (κ2) is 7.35. The molecule has 136 valence electrons. The van der Waals surface area contributed by atoms with Crippen molar-refractivity contribution in [3.8, 4) is 6.07 Å². The fraction of sp³-hybridized carbons (Fsp3) is 0.263. The maximum absolute atomic E-state index is 11.7. The number of H-pyrrole nitrogens is 1. The molecule has 4 heterocycles. The molecule has 1 N–H and O–H groups in total. The number of anilines is 1. The highest BCUT2D eigenvalue weighted by Crippen LogP contribution is 2.17. The predicted octanol–water partition coefficient (Wildman–Crippen LogP) is 2.17. The Balaban J connectivity index is 1.41. The maximum atomic E-state index is 11.7. The quantitative estimate of drug-likeness (QED) is 0.749. The van der Waals surface area contributed by atoms with Crippen LogP contribution in [0.25, 0.3) is 11.0 Å². The van der Waals surface area contributed by atoms with Crippen molar-refractivity contribution < 1.29 is 0 Å². The Bertz CT molecular complexity index is 1060. The Morgan fingerprint density at radius 2 is 1.96 bits per heavy atom. The molecule has 0 aromatic carbocycles. The first-order chi connectivity index (χ1) is 13.1. The summed E-state index contributed by atoms with van der Waals surface area (Å²) in [4.78, 5) is 27.8. The first-order valence-electron chi connectivity index (χ1n) is 8.63. The van der Waals surface area contributed by atoms with Crippen LogP contribution in [0.1, 0.15) is 11.1 Å². The number of nitrogens with one attached hydrogen (secondary N) is 1. The highest BCUT2D eigenvalue weighted by Gasteiger charge is 2.18. The lowest BCUT2D eigenvalue weighted by molar-refractivity contribution is 0.249. The molecule has 3 aromatic rings. The molecular formula is C19H17ClN6O. The molecule has 1 saturated heterocycles. The second-order valence-electron chi connectivity index (χ2n) is 6.50. The standard InChI is InChI=1S/C19H17ClN6O/c20-15-8-16-17(24-19(15)27)7-14(11-22-16)12-25-3-5-26(6-4-25)18-2-1-13(9-21)10-23-18/h1-2,7-8,10-11H,3-6,12H2,(H,24,27). The molecule has 0 unspecified atom stereocenters. The molecule has 0 aliphatic carbocycles. The largest absolute Gasteiger partial charge is 0.354 e. The first-order valence-corrected chi connectivity index (χ1v) is 9.01. The smallest absolute Gasteiger partial charge is 0.267 e. The Hall–Kier alpha value is -2.95. The maximum Gasteiger partial charge on any atom is 0.267 e. The number of nitrogens with zero attached hydrogens (tertiary/aromatic N) is 5. The third-order valence-corrected chi connectivity index (χ3v) is 4.96. The average molecular weight is 381 g/mol. The van der Waals surface area contributed by atoms with Crippen LogP contribution in [-0.2, 0) is 6.54 Å². The minimum atomic E-state index is -0.299. The van der Waals surface area contributed by atoms with Crippen LogP contribution < -0.4 is 10.5 Å². The Morgan fingerprint density at radius 3 is 2.67 bits per heavy atom. The number of aromatic amines is 1. The van der Waals surface area contributed by atoms with Gasteiger partial charge in [0.15, 0.2) is 0 Å². The van der Waals surface area contributed by atoms with Crippen LogP contribution >= 0.6 is 11.6 Å². The lowest BCUT2D eigenvalue weighted by atomic mass is 10.2. The highest BCUT2D eigenvalue weighted by atomic mass is 35.5. The van der Waals surface area contributed by atoms with E-state index in [1.807, 2.05) is 18.3 Å². The normalized spacial score (nSPS) is 15.0. The van der Waals surface area contributed by atoms with Gasteiger partial charge in [0.25, 0.3) is 5.56 Å². The molecule has 27 heavy (non-hydrogen) atoms. The summed E-state index contributed by atoms with van der Waals surface area (Å²) >= 11 is 5.85. The van der Waals surface area contributed by atoms with Gasteiger partial charge in [0.05, 0.1) is 16.6 Å². The van der Waals surface area contributed by atoms with Gasteiger partial charge >= 0.3 is 0 Å². The van der Waals surface area contributed by atoms with Gasteiger partial charge in [-0.05, 0) is 29.8 Å². The van der Waals surface area contributed by atoms with Crippen molar-refractivity contribution in [1.82, 2.24) is 19.9 Å². The van der Waals surface area contributed by atoms with Gasteiger partial charge in [-0.1, -0.05) is 11.6 Å². The van der Waals surface area contributed by atoms with E-state index in [1.54, 1.807) is 18.3 Å². The zero-order valence-electron chi connectivity index (χ0n) is 14.5. The summed E-state index contributed by atoms with van der Waals surface area (Å²) in [5.41, 5.74) is 2.69. The van der Waals surface area contributed by atoms with Crippen molar-refractivity contribution in [2.24, 2.45) is 0 Å². The average Bonchev–Trinajstić information content (AvgIpc) is 2.70. The molecule has 8 heteroatoms. The van der Waals surface area contributed by atoms with Crippen molar-refractivity contribution in [2.45, 2.75) is 6.54 Å². The molecule has 1 aliphatic rings. The third kappa shape index (κ3) is 3.77. The Kier molecular flexibility index (Phi) is 4.75. The summed E-state index contributed by atoms with van der Waals surface area (Å²) in [7, 11) is 0. The topological polar surface area (TPSA) is 88.9 Å². The summed E-state index contributed by atoms with van der Waals surface area (Å²) in [6, 6.07) is 9.31. The SMILES string of the molecule is N#Cc1ccc(N2CCN(Cc3cnc4cc(Cl)c(=O)[nH]c4c3)CC2)nc1. The molecule has 3 aromatic heterocycles. The fourth-order valence-electron chi connectivity index (χ4n) is 3.22. The number of aromatic nitrogens is 3. The lowest BCUT2D eigenvalue weighted by Gasteiger charge is -2.35. The van der Waals surface area contributed by atoms with E-state index in [-0.39, 0.29) is 10.6 Å². The number of halogens is 1. The Morgan fingerprint density at radius 1 is 1.15 bits per heavy atom. The molecule has 7 nitrogen and oxygen atoms in total. The van der Waals surface area contributed by atoms with Crippen LogP contribution in [-0.4, -0.2) is 46.0 Å². The molecule has 0 bridgehead atoms. The van der Waals surface area contributed by atoms with Gasteiger partial charge in [0.1, 0.15) is 16.9 Å². The molecule has 0 radical (unpaired) electrons. The minimum Gasteiger partial charge on any atom is -0.354 e. The highest BCUT2D eigenvalue weighted by molar-refractivity contribution is 6.30. The molecule has 1 aliphatic heterocycles. The Labute approximate surface area is 160 Å². The van der Waals surface area contributed by atoms with Crippen molar-refractivity contribution in [1.29, 1.82) is 5.26 Å². The molecule has 0 spiro atoms. The number of pyridine rings is 3. The van der Waals surface area contributed by atoms with Gasteiger partial charge in [0.2, 0.25) is 0 Å². The van der Waals surface area contributed by atoms with E-state index in [0.717, 1.165) is 44.1 Å². The summed E-state index contributed by atoms with van der Waals surface area (Å²) in [6.45, 7) is 4.30. The fourth-order valence-corrected chi connectivity index (χ4v) is 3.37. The summed E-state index contributed by atoms with van der Waals surface area (Å²) < 4.78 is 0. The van der Waals surface area contributed by atoms with Crippen molar-refractivity contribution in [2.75, 3.05) is 31.1 Å². The van der Waals surface area contributed by atoms with Gasteiger partial charge in [-0.15, -0.1) is 0 Å². The van der Waals surface area contributed by atoms with Gasteiger partial charge in [0, 0.05) is 45.1 Å². The summed E-state index contributed by atoms with van der Waals surface area (Å²) in [5.74, 6) is 0.899. The minimum absolute atomic E-state index is 0.148. The first kappa shape index (κ1) is 17.5. The van der Waals surface area contributed by atoms with E-state index >= 15 is 0 Å².